The normalized spacial score (nSPS) is 11.4. The van der Waals surface area contributed by atoms with Crippen LogP contribution in [0.3, 0.4) is 0 Å². The molecule has 0 bridgehead atoms. The molecule has 29 heavy (non-hydrogen) atoms. The van der Waals surface area contributed by atoms with Gasteiger partial charge in [-0.15, -0.1) is 0 Å². The van der Waals surface area contributed by atoms with E-state index in [-0.39, 0.29) is 0 Å². The van der Waals surface area contributed by atoms with Crippen LogP contribution in [0.25, 0.3) is 33.2 Å². The average Bonchev–Trinajstić information content (AvgIpc) is 2.70. The van der Waals surface area contributed by atoms with Crippen LogP contribution in [0.1, 0.15) is 30.5 Å². The quantitative estimate of drug-likeness (QED) is 0.342. The van der Waals surface area contributed by atoms with Crippen LogP contribution in [0.15, 0.2) is 72.9 Å². The maximum absolute atomic E-state index is 2.36. The lowest BCUT2D eigenvalue weighted by Gasteiger charge is -2.14. The number of fused-ring (bicyclic) bond motifs is 1. The number of nitrogens with zero attached hydrogens (tertiary/aromatic N) is 1. The van der Waals surface area contributed by atoms with Gasteiger partial charge in [0.2, 0.25) is 5.69 Å². The van der Waals surface area contributed by atoms with E-state index in [1.165, 1.54) is 49.8 Å². The van der Waals surface area contributed by atoms with E-state index in [2.05, 4.69) is 112 Å². The van der Waals surface area contributed by atoms with Gasteiger partial charge in [-0.05, 0) is 71.5 Å². The van der Waals surface area contributed by atoms with E-state index in [4.69, 9.17) is 0 Å². The Morgan fingerprint density at radius 3 is 2.31 bits per heavy atom. The summed E-state index contributed by atoms with van der Waals surface area (Å²) in [6.07, 6.45) is 3.31. The topological polar surface area (TPSA) is 3.88 Å². The Kier molecular flexibility index (Phi) is 5.24. The van der Waals surface area contributed by atoms with Gasteiger partial charge in [0, 0.05) is 6.07 Å². The number of benzene rings is 3. The minimum absolute atomic E-state index is 0.666. The molecule has 0 aliphatic carbocycles. The lowest BCUT2D eigenvalue weighted by Crippen LogP contribution is -2.30. The second-order valence-electron chi connectivity index (χ2n) is 8.63. The van der Waals surface area contributed by atoms with Crippen molar-refractivity contribution in [2.45, 2.75) is 34.1 Å². The fourth-order valence-corrected chi connectivity index (χ4v) is 4.26. The van der Waals surface area contributed by atoms with Gasteiger partial charge < -0.3 is 0 Å². The molecule has 0 atom stereocenters. The van der Waals surface area contributed by atoms with E-state index in [9.17, 15) is 0 Å². The SMILES string of the molecule is Cc1cc(-c2ccccc2)cc(-c2c3ccc(CC(C)C)cc3cc[n+]2C)c1C. The maximum Gasteiger partial charge on any atom is 0.220 e. The molecule has 1 nitrogen and oxygen atoms in total. The van der Waals surface area contributed by atoms with Crippen molar-refractivity contribution in [1.82, 2.24) is 0 Å². The van der Waals surface area contributed by atoms with Crippen LogP contribution >= 0.6 is 0 Å². The smallest absolute Gasteiger partial charge is 0.200 e. The summed E-state index contributed by atoms with van der Waals surface area (Å²) < 4.78 is 2.26. The summed E-state index contributed by atoms with van der Waals surface area (Å²) in [7, 11) is 2.15. The third-order valence-electron chi connectivity index (χ3n) is 5.88. The Morgan fingerprint density at radius 1 is 0.828 bits per heavy atom. The molecular weight excluding hydrogens is 350 g/mol. The highest BCUT2D eigenvalue weighted by molar-refractivity contribution is 5.95. The van der Waals surface area contributed by atoms with Gasteiger partial charge in [-0.25, -0.2) is 4.57 Å². The number of aryl methyl sites for hydroxylation is 2. The minimum Gasteiger partial charge on any atom is -0.200 e. The van der Waals surface area contributed by atoms with E-state index in [1.807, 2.05) is 0 Å². The lowest BCUT2D eigenvalue weighted by molar-refractivity contribution is -0.659. The molecule has 0 saturated heterocycles. The maximum atomic E-state index is 2.36. The molecule has 3 aromatic carbocycles. The van der Waals surface area contributed by atoms with E-state index < -0.39 is 0 Å². The Bertz CT molecular complexity index is 1170. The van der Waals surface area contributed by atoms with Crippen LogP contribution in [0.5, 0.6) is 0 Å². The first kappa shape index (κ1) is 19.4. The van der Waals surface area contributed by atoms with E-state index in [0.29, 0.717) is 5.92 Å². The minimum atomic E-state index is 0.666. The van der Waals surface area contributed by atoms with Gasteiger partial charge in [-0.3, -0.25) is 0 Å². The number of hydrogen-bond acceptors (Lipinski definition) is 0. The summed E-state index contributed by atoms with van der Waals surface area (Å²) in [6.45, 7) is 9.02. The van der Waals surface area contributed by atoms with Crippen molar-refractivity contribution in [2.24, 2.45) is 13.0 Å². The highest BCUT2D eigenvalue weighted by Gasteiger charge is 2.19. The van der Waals surface area contributed by atoms with E-state index in [0.717, 1.165) is 6.42 Å². The van der Waals surface area contributed by atoms with Crippen molar-refractivity contribution in [3.63, 3.8) is 0 Å². The molecule has 0 amide bonds. The predicted molar refractivity (Wildman–Crippen MR) is 124 cm³/mol. The Morgan fingerprint density at radius 2 is 1.59 bits per heavy atom. The molecule has 0 saturated carbocycles. The van der Waals surface area contributed by atoms with Gasteiger partial charge in [-0.2, -0.15) is 0 Å². The zero-order valence-corrected chi connectivity index (χ0v) is 18.2. The molecule has 0 spiro atoms. The zero-order chi connectivity index (χ0) is 20.5. The fourth-order valence-electron chi connectivity index (χ4n) is 4.26. The van der Waals surface area contributed by atoms with Crippen molar-refractivity contribution in [2.75, 3.05) is 0 Å². The summed E-state index contributed by atoms with van der Waals surface area (Å²) in [5.74, 6) is 0.666. The van der Waals surface area contributed by atoms with Crippen molar-refractivity contribution in [1.29, 1.82) is 0 Å². The zero-order valence-electron chi connectivity index (χ0n) is 18.2. The third kappa shape index (κ3) is 3.82. The predicted octanol–water partition coefficient (Wildman–Crippen LogP) is 6.81. The highest BCUT2D eigenvalue weighted by Crippen LogP contribution is 2.34. The Hall–Kier alpha value is -2.93. The molecule has 4 rings (SSSR count). The molecule has 146 valence electrons. The van der Waals surface area contributed by atoms with Gasteiger partial charge in [0.1, 0.15) is 7.05 Å². The third-order valence-corrected chi connectivity index (χ3v) is 5.88. The van der Waals surface area contributed by atoms with Crippen molar-refractivity contribution < 1.29 is 4.57 Å². The molecule has 0 fully saturated rings. The second kappa shape index (κ2) is 7.83. The van der Waals surface area contributed by atoms with Crippen molar-refractivity contribution in [3.05, 3.63) is 89.6 Å². The van der Waals surface area contributed by atoms with Gasteiger partial charge in [0.25, 0.3) is 0 Å². The Labute approximate surface area is 174 Å². The molecule has 0 N–H and O–H groups in total. The number of aromatic nitrogens is 1. The largest absolute Gasteiger partial charge is 0.220 e. The van der Waals surface area contributed by atoms with Crippen LogP contribution in [0, 0.1) is 19.8 Å². The molecule has 0 aliphatic heterocycles. The summed E-state index contributed by atoms with van der Waals surface area (Å²) in [4.78, 5) is 0. The summed E-state index contributed by atoms with van der Waals surface area (Å²) >= 11 is 0. The molecule has 0 aliphatic rings. The first-order chi connectivity index (χ1) is 13.9. The van der Waals surface area contributed by atoms with Crippen LogP contribution in [-0.4, -0.2) is 0 Å². The van der Waals surface area contributed by atoms with E-state index >= 15 is 0 Å². The first-order valence-electron chi connectivity index (χ1n) is 10.5. The first-order valence-corrected chi connectivity index (χ1v) is 10.5. The number of hydrogen-bond donors (Lipinski definition) is 0. The Balaban J connectivity index is 1.94. The average molecular weight is 381 g/mol. The molecule has 0 unspecified atom stereocenters. The van der Waals surface area contributed by atoms with Gasteiger partial charge in [0.05, 0.1) is 10.9 Å². The number of pyridine rings is 1. The van der Waals surface area contributed by atoms with Crippen LogP contribution < -0.4 is 4.57 Å². The van der Waals surface area contributed by atoms with Gasteiger partial charge in [-0.1, -0.05) is 62.4 Å². The summed E-state index contributed by atoms with van der Waals surface area (Å²) in [6, 6.07) is 24.6. The molecule has 1 heteroatoms. The lowest BCUT2D eigenvalue weighted by atomic mass is 9.91. The summed E-state index contributed by atoms with van der Waals surface area (Å²) in [5.41, 5.74) is 9.23. The monoisotopic (exact) mass is 380 g/mol. The van der Waals surface area contributed by atoms with Crippen LogP contribution in [-0.2, 0) is 13.5 Å². The van der Waals surface area contributed by atoms with Gasteiger partial charge in [0.15, 0.2) is 6.20 Å². The molecule has 0 radical (unpaired) electrons. The molecule has 1 heterocycles. The number of rotatable bonds is 4. The van der Waals surface area contributed by atoms with Crippen LogP contribution in [0.4, 0.5) is 0 Å². The fraction of sp³-hybridized carbons (Fsp3) is 0.250. The van der Waals surface area contributed by atoms with Crippen molar-refractivity contribution >= 4 is 10.8 Å². The summed E-state index contributed by atoms with van der Waals surface area (Å²) in [5, 5.41) is 2.63. The van der Waals surface area contributed by atoms with Gasteiger partial charge >= 0.3 is 0 Å². The van der Waals surface area contributed by atoms with Crippen molar-refractivity contribution in [3.8, 4) is 22.4 Å². The highest BCUT2D eigenvalue weighted by atomic mass is 14.9. The molecule has 4 aromatic rings. The second-order valence-corrected chi connectivity index (χ2v) is 8.63. The standard InChI is InChI=1S/C28H30N/c1-19(2)15-22-11-12-26-24(17-22)13-14-29(5)28(26)27-18-25(16-20(3)21(27)4)23-9-7-6-8-10-23/h6-14,16-19H,15H2,1-5H3/q+1. The molecule has 1 aromatic heterocycles. The van der Waals surface area contributed by atoms with Crippen LogP contribution in [0.2, 0.25) is 0 Å². The molecular formula is C28H30N+. The van der Waals surface area contributed by atoms with E-state index in [1.54, 1.807) is 0 Å².